The molecule has 0 aliphatic rings. The normalized spacial score (nSPS) is 10.6. The number of aryl methyl sites for hydroxylation is 2. The van der Waals surface area contributed by atoms with Gasteiger partial charge in [-0.25, -0.2) is 4.98 Å². The molecule has 1 heterocycles. The molecule has 0 fully saturated rings. The maximum absolute atomic E-state index is 11.4. The van der Waals surface area contributed by atoms with Gasteiger partial charge in [0.25, 0.3) is 0 Å². The van der Waals surface area contributed by atoms with Gasteiger partial charge in [-0.1, -0.05) is 48.5 Å². The zero-order valence-corrected chi connectivity index (χ0v) is 16.5. The molecule has 0 amide bonds. The number of nitrogens with zero attached hydrogens (tertiary/aromatic N) is 2. The minimum Gasteiger partial charge on any atom is -0.439 e. The van der Waals surface area contributed by atoms with Gasteiger partial charge in [-0.2, -0.15) is 4.98 Å². The first kappa shape index (κ1) is 19.1. The van der Waals surface area contributed by atoms with Crippen LogP contribution in [0.3, 0.4) is 0 Å². The van der Waals surface area contributed by atoms with Crippen molar-refractivity contribution in [3.05, 3.63) is 77.0 Å². The van der Waals surface area contributed by atoms with Crippen molar-refractivity contribution in [1.29, 1.82) is 0 Å². The van der Waals surface area contributed by atoms with Crippen LogP contribution in [-0.4, -0.2) is 15.8 Å². The first-order chi connectivity index (χ1) is 13.0. The smallest absolute Gasteiger partial charge is 0.223 e. The van der Waals surface area contributed by atoms with E-state index < -0.39 is 0 Å². The molecule has 3 aromatic rings. The Morgan fingerprint density at radius 3 is 2.52 bits per heavy atom. The Balaban J connectivity index is 1.75. The Morgan fingerprint density at radius 1 is 1.07 bits per heavy atom. The number of carbonyl (C=O) groups is 1. The molecule has 0 unspecified atom stereocenters. The van der Waals surface area contributed by atoms with E-state index in [1.165, 1.54) is 11.1 Å². The molecular weight excluding hydrogens is 356 g/mol. The van der Waals surface area contributed by atoms with Crippen molar-refractivity contribution in [3.63, 3.8) is 0 Å². The number of carbonyl (C=O) groups excluding carboxylic acids is 1. The molecular formula is C22H22N2O2S. The Kier molecular flexibility index (Phi) is 6.24. The number of hydrogen-bond acceptors (Lipinski definition) is 5. The SMILES string of the molecule is CCc1cc(Oc2ccc(C(C)=O)cc2)nc(SCc2cccc(C)c2)n1. The molecule has 0 radical (unpaired) electrons. The second kappa shape index (κ2) is 8.82. The molecule has 4 nitrogen and oxygen atoms in total. The molecule has 3 rings (SSSR count). The third-order valence-electron chi connectivity index (χ3n) is 4.03. The van der Waals surface area contributed by atoms with E-state index in [0.29, 0.717) is 22.3 Å². The first-order valence-electron chi connectivity index (χ1n) is 8.88. The highest BCUT2D eigenvalue weighted by Crippen LogP contribution is 2.26. The van der Waals surface area contributed by atoms with Crippen LogP contribution in [0.1, 0.15) is 41.0 Å². The largest absolute Gasteiger partial charge is 0.439 e. The van der Waals surface area contributed by atoms with Crippen LogP contribution in [0, 0.1) is 6.92 Å². The van der Waals surface area contributed by atoms with Gasteiger partial charge >= 0.3 is 0 Å². The molecule has 1 aromatic heterocycles. The van der Waals surface area contributed by atoms with Gasteiger partial charge in [0, 0.05) is 23.1 Å². The van der Waals surface area contributed by atoms with Crippen molar-refractivity contribution in [3.8, 4) is 11.6 Å². The fourth-order valence-corrected chi connectivity index (χ4v) is 3.39. The second-order valence-electron chi connectivity index (χ2n) is 6.29. The summed E-state index contributed by atoms with van der Waals surface area (Å²) in [6.07, 6.45) is 0.806. The van der Waals surface area contributed by atoms with Crippen LogP contribution in [0.25, 0.3) is 0 Å². The zero-order valence-electron chi connectivity index (χ0n) is 15.7. The average Bonchev–Trinajstić information content (AvgIpc) is 2.66. The third kappa shape index (κ3) is 5.41. The molecule has 0 saturated carbocycles. The summed E-state index contributed by atoms with van der Waals surface area (Å²) in [5, 5.41) is 0.700. The summed E-state index contributed by atoms with van der Waals surface area (Å²) >= 11 is 1.60. The lowest BCUT2D eigenvalue weighted by Crippen LogP contribution is -1.98. The molecule has 0 atom stereocenters. The van der Waals surface area contributed by atoms with Crippen LogP contribution in [0.15, 0.2) is 59.8 Å². The van der Waals surface area contributed by atoms with Crippen LogP contribution < -0.4 is 4.74 Å². The highest BCUT2D eigenvalue weighted by Gasteiger charge is 2.08. The Labute approximate surface area is 164 Å². The predicted octanol–water partition coefficient (Wildman–Crippen LogP) is 5.63. The molecule has 0 aliphatic heterocycles. The number of hydrogen-bond donors (Lipinski definition) is 0. The molecule has 0 aliphatic carbocycles. The summed E-state index contributed by atoms with van der Waals surface area (Å²) in [5.41, 5.74) is 4.09. The zero-order chi connectivity index (χ0) is 19.2. The molecule has 0 spiro atoms. The summed E-state index contributed by atoms with van der Waals surface area (Å²) in [6.45, 7) is 5.69. The minimum atomic E-state index is 0.0340. The van der Waals surface area contributed by atoms with E-state index in [0.717, 1.165) is 17.9 Å². The summed E-state index contributed by atoms with van der Waals surface area (Å²) in [5.74, 6) is 2.01. The van der Waals surface area contributed by atoms with Gasteiger partial charge in [0.05, 0.1) is 0 Å². The van der Waals surface area contributed by atoms with E-state index >= 15 is 0 Å². The Hall–Kier alpha value is -2.66. The lowest BCUT2D eigenvalue weighted by atomic mass is 10.1. The number of Topliss-reactive ketones (excluding diaryl/α,β-unsaturated/α-hetero) is 1. The summed E-state index contributed by atoms with van der Waals surface area (Å²) in [4.78, 5) is 20.5. The fourth-order valence-electron chi connectivity index (χ4n) is 2.58. The van der Waals surface area contributed by atoms with E-state index in [2.05, 4.69) is 48.1 Å². The maximum atomic E-state index is 11.4. The van der Waals surface area contributed by atoms with E-state index in [1.54, 1.807) is 43.0 Å². The first-order valence-corrected chi connectivity index (χ1v) is 9.87. The van der Waals surface area contributed by atoms with E-state index in [-0.39, 0.29) is 5.78 Å². The Bertz CT molecular complexity index is 939. The lowest BCUT2D eigenvalue weighted by molar-refractivity contribution is 0.101. The van der Waals surface area contributed by atoms with Crippen molar-refractivity contribution < 1.29 is 9.53 Å². The van der Waals surface area contributed by atoms with Crippen LogP contribution in [0.2, 0.25) is 0 Å². The number of benzene rings is 2. The highest BCUT2D eigenvalue weighted by atomic mass is 32.2. The van der Waals surface area contributed by atoms with Crippen molar-refractivity contribution >= 4 is 17.5 Å². The summed E-state index contributed by atoms with van der Waals surface area (Å²) in [7, 11) is 0. The van der Waals surface area contributed by atoms with Crippen LogP contribution in [0.5, 0.6) is 11.6 Å². The van der Waals surface area contributed by atoms with Gasteiger partial charge in [0.15, 0.2) is 10.9 Å². The highest BCUT2D eigenvalue weighted by molar-refractivity contribution is 7.98. The molecule has 0 N–H and O–H groups in total. The van der Waals surface area contributed by atoms with Gasteiger partial charge in [-0.15, -0.1) is 0 Å². The van der Waals surface area contributed by atoms with Crippen LogP contribution in [0.4, 0.5) is 0 Å². The number of ketones is 1. The summed E-state index contributed by atoms with van der Waals surface area (Å²) < 4.78 is 5.89. The van der Waals surface area contributed by atoms with Gasteiger partial charge in [0.2, 0.25) is 5.88 Å². The lowest BCUT2D eigenvalue weighted by Gasteiger charge is -2.09. The number of thioether (sulfide) groups is 1. The van der Waals surface area contributed by atoms with Gasteiger partial charge in [-0.3, -0.25) is 4.79 Å². The summed E-state index contributed by atoms with van der Waals surface area (Å²) in [6, 6.07) is 17.4. The van der Waals surface area contributed by atoms with Gasteiger partial charge < -0.3 is 4.74 Å². The van der Waals surface area contributed by atoms with E-state index in [1.807, 2.05) is 6.07 Å². The third-order valence-corrected chi connectivity index (χ3v) is 4.95. The quantitative estimate of drug-likeness (QED) is 0.303. The topological polar surface area (TPSA) is 52.1 Å². The number of rotatable bonds is 7. The van der Waals surface area contributed by atoms with Crippen molar-refractivity contribution in [1.82, 2.24) is 9.97 Å². The fraction of sp³-hybridized carbons (Fsp3) is 0.227. The standard InChI is InChI=1S/C22H22N2O2S/c1-4-19-13-21(26-20-10-8-18(9-11-20)16(3)25)24-22(23-19)27-14-17-7-5-6-15(2)12-17/h5-13H,4,14H2,1-3H3. The average molecular weight is 378 g/mol. The van der Waals surface area contributed by atoms with E-state index in [4.69, 9.17) is 4.74 Å². The number of aromatic nitrogens is 2. The Morgan fingerprint density at radius 2 is 1.85 bits per heavy atom. The van der Waals surface area contributed by atoms with Gasteiger partial charge in [-0.05, 0) is 50.1 Å². The van der Waals surface area contributed by atoms with Crippen LogP contribution >= 0.6 is 11.8 Å². The molecule has 2 aromatic carbocycles. The molecule has 0 bridgehead atoms. The van der Waals surface area contributed by atoms with Crippen molar-refractivity contribution in [2.45, 2.75) is 38.1 Å². The van der Waals surface area contributed by atoms with Crippen molar-refractivity contribution in [2.75, 3.05) is 0 Å². The van der Waals surface area contributed by atoms with Crippen molar-refractivity contribution in [2.24, 2.45) is 0 Å². The van der Waals surface area contributed by atoms with Gasteiger partial charge in [0.1, 0.15) is 5.75 Å². The molecule has 5 heteroatoms. The monoisotopic (exact) mass is 378 g/mol. The molecule has 27 heavy (non-hydrogen) atoms. The predicted molar refractivity (Wildman–Crippen MR) is 109 cm³/mol. The number of ether oxygens (including phenoxy) is 1. The molecule has 138 valence electrons. The van der Waals surface area contributed by atoms with Crippen LogP contribution in [-0.2, 0) is 12.2 Å². The van der Waals surface area contributed by atoms with E-state index in [9.17, 15) is 4.79 Å². The minimum absolute atomic E-state index is 0.0340. The molecule has 0 saturated heterocycles. The maximum Gasteiger partial charge on any atom is 0.223 e. The second-order valence-corrected chi connectivity index (χ2v) is 7.24.